The molecule has 0 aliphatic rings. The topological polar surface area (TPSA) is 101 Å². The molecule has 1 aromatic heterocycles. The van der Waals surface area contributed by atoms with E-state index in [1.165, 1.54) is 18.2 Å². The Kier molecular flexibility index (Phi) is 4.63. The minimum Gasteiger partial charge on any atom is -0.305 e. The van der Waals surface area contributed by atoms with Gasteiger partial charge in [0, 0.05) is 18.2 Å². The minimum atomic E-state index is -0.798. The molecule has 0 aliphatic heterocycles. The number of nitro benzene ring substituents is 1. The van der Waals surface area contributed by atoms with E-state index < -0.39 is 22.5 Å². The van der Waals surface area contributed by atoms with E-state index in [2.05, 4.69) is 15.5 Å². The van der Waals surface area contributed by atoms with Crippen LogP contribution in [0.15, 0.2) is 42.5 Å². The van der Waals surface area contributed by atoms with Crippen molar-refractivity contribution in [2.45, 2.75) is 0 Å². The number of rotatable bonds is 4. The van der Waals surface area contributed by atoms with E-state index in [9.17, 15) is 23.7 Å². The Hall–Kier alpha value is -3.33. The van der Waals surface area contributed by atoms with E-state index >= 15 is 0 Å². The lowest BCUT2D eigenvalue weighted by atomic mass is 10.1. The Morgan fingerprint density at radius 1 is 1.19 bits per heavy atom. The van der Waals surface area contributed by atoms with Gasteiger partial charge in [-0.2, -0.15) is 5.10 Å². The summed E-state index contributed by atoms with van der Waals surface area (Å²) in [6, 6.07) is 8.01. The maximum absolute atomic E-state index is 13.8. The Labute approximate surface area is 149 Å². The molecule has 0 saturated heterocycles. The molecule has 26 heavy (non-hydrogen) atoms. The quantitative estimate of drug-likeness (QED) is 0.525. The smallest absolute Gasteiger partial charge is 0.270 e. The van der Waals surface area contributed by atoms with Gasteiger partial charge in [0.2, 0.25) is 0 Å². The molecule has 0 saturated carbocycles. The fraction of sp³-hybridized carbons (Fsp3) is 0. The van der Waals surface area contributed by atoms with Crippen LogP contribution in [-0.2, 0) is 0 Å². The molecule has 0 aliphatic carbocycles. The van der Waals surface area contributed by atoms with Gasteiger partial charge in [-0.3, -0.25) is 20.0 Å². The second-order valence-corrected chi connectivity index (χ2v) is 5.55. The summed E-state index contributed by atoms with van der Waals surface area (Å²) in [6.07, 6.45) is 0. The zero-order valence-corrected chi connectivity index (χ0v) is 13.6. The van der Waals surface area contributed by atoms with Crippen LogP contribution in [0, 0.1) is 21.7 Å². The van der Waals surface area contributed by atoms with Crippen molar-refractivity contribution < 1.29 is 18.5 Å². The lowest BCUT2D eigenvalue weighted by Crippen LogP contribution is -2.13. The molecule has 0 fully saturated rings. The molecule has 0 radical (unpaired) electrons. The first kappa shape index (κ1) is 17.5. The van der Waals surface area contributed by atoms with Crippen LogP contribution in [0.1, 0.15) is 10.4 Å². The van der Waals surface area contributed by atoms with Gasteiger partial charge in [0.1, 0.15) is 11.6 Å². The van der Waals surface area contributed by atoms with Crippen molar-refractivity contribution in [2.75, 3.05) is 5.32 Å². The maximum Gasteiger partial charge on any atom is 0.270 e. The van der Waals surface area contributed by atoms with Crippen molar-refractivity contribution in [3.63, 3.8) is 0 Å². The van der Waals surface area contributed by atoms with Crippen molar-refractivity contribution in [3.8, 4) is 11.3 Å². The number of amides is 1. The second-order valence-electron chi connectivity index (χ2n) is 5.14. The summed E-state index contributed by atoms with van der Waals surface area (Å²) >= 11 is 5.89. The zero-order chi connectivity index (χ0) is 18.8. The number of non-ortho nitro benzene ring substituents is 1. The summed E-state index contributed by atoms with van der Waals surface area (Å²) in [5.74, 6) is -2.39. The molecular weight excluding hydrogens is 370 g/mol. The number of hydrogen-bond acceptors (Lipinski definition) is 4. The average Bonchev–Trinajstić information content (AvgIpc) is 3.02. The predicted molar refractivity (Wildman–Crippen MR) is 90.0 cm³/mol. The highest BCUT2D eigenvalue weighted by Gasteiger charge is 2.18. The number of hydrogen-bond donors (Lipinski definition) is 2. The lowest BCUT2D eigenvalue weighted by Gasteiger charge is -2.04. The van der Waals surface area contributed by atoms with Crippen molar-refractivity contribution in [3.05, 3.63) is 74.8 Å². The van der Waals surface area contributed by atoms with Gasteiger partial charge in [-0.25, -0.2) is 8.78 Å². The van der Waals surface area contributed by atoms with E-state index in [1.54, 1.807) is 0 Å². The summed E-state index contributed by atoms with van der Waals surface area (Å²) in [5, 5.41) is 19.4. The van der Waals surface area contributed by atoms with Crippen LogP contribution in [-0.4, -0.2) is 21.0 Å². The zero-order valence-electron chi connectivity index (χ0n) is 12.8. The van der Waals surface area contributed by atoms with E-state index in [-0.39, 0.29) is 33.3 Å². The molecule has 0 spiro atoms. The molecule has 0 bridgehead atoms. The Balaban J connectivity index is 1.87. The van der Waals surface area contributed by atoms with Crippen LogP contribution < -0.4 is 5.32 Å². The fourth-order valence-corrected chi connectivity index (χ4v) is 2.46. The Morgan fingerprint density at radius 3 is 2.54 bits per heavy atom. The van der Waals surface area contributed by atoms with Gasteiger partial charge in [-0.05, 0) is 18.2 Å². The van der Waals surface area contributed by atoms with E-state index in [0.29, 0.717) is 0 Å². The number of nitrogens with zero attached hydrogens (tertiary/aromatic N) is 2. The van der Waals surface area contributed by atoms with Crippen LogP contribution in [0.3, 0.4) is 0 Å². The van der Waals surface area contributed by atoms with Crippen LogP contribution in [0.4, 0.5) is 20.3 Å². The van der Waals surface area contributed by atoms with Crippen molar-refractivity contribution >= 4 is 29.0 Å². The van der Waals surface area contributed by atoms with Gasteiger partial charge >= 0.3 is 0 Å². The maximum atomic E-state index is 13.8. The number of nitro groups is 1. The lowest BCUT2D eigenvalue weighted by molar-refractivity contribution is -0.384. The number of halogens is 3. The third-order valence-corrected chi connectivity index (χ3v) is 3.79. The van der Waals surface area contributed by atoms with Crippen LogP contribution in [0.2, 0.25) is 5.02 Å². The molecule has 3 aromatic rings. The van der Waals surface area contributed by atoms with Crippen LogP contribution in [0.25, 0.3) is 11.3 Å². The third kappa shape index (κ3) is 3.38. The third-order valence-electron chi connectivity index (χ3n) is 3.46. The number of aromatic amines is 1. The molecule has 7 nitrogen and oxygen atoms in total. The molecule has 1 heterocycles. The molecule has 132 valence electrons. The second kappa shape index (κ2) is 6.89. The highest BCUT2D eigenvalue weighted by Crippen LogP contribution is 2.27. The number of anilines is 1. The van der Waals surface area contributed by atoms with Crippen LogP contribution in [0.5, 0.6) is 0 Å². The molecular formula is C16H9ClF2N4O3. The van der Waals surface area contributed by atoms with Gasteiger partial charge in [0.15, 0.2) is 5.82 Å². The van der Waals surface area contributed by atoms with E-state index in [1.807, 2.05) is 0 Å². The number of aromatic nitrogens is 2. The normalized spacial score (nSPS) is 10.6. The highest BCUT2D eigenvalue weighted by molar-refractivity contribution is 6.34. The molecule has 0 atom stereocenters. The van der Waals surface area contributed by atoms with E-state index in [0.717, 1.165) is 24.3 Å². The minimum absolute atomic E-state index is 0.00371. The van der Waals surface area contributed by atoms with Gasteiger partial charge in [-0.1, -0.05) is 17.7 Å². The number of benzene rings is 2. The summed E-state index contributed by atoms with van der Waals surface area (Å²) < 4.78 is 27.6. The van der Waals surface area contributed by atoms with Gasteiger partial charge < -0.3 is 5.32 Å². The summed E-state index contributed by atoms with van der Waals surface area (Å²) in [4.78, 5) is 22.4. The molecule has 2 aromatic carbocycles. The van der Waals surface area contributed by atoms with Gasteiger partial charge in [0.05, 0.1) is 26.8 Å². The number of nitrogens with one attached hydrogen (secondary N) is 2. The Morgan fingerprint density at radius 2 is 1.88 bits per heavy atom. The summed E-state index contributed by atoms with van der Waals surface area (Å²) in [5.41, 5.74) is -0.756. The fourth-order valence-electron chi connectivity index (χ4n) is 2.25. The largest absolute Gasteiger partial charge is 0.305 e. The predicted octanol–water partition coefficient (Wildman–Crippen LogP) is 4.17. The van der Waals surface area contributed by atoms with E-state index in [4.69, 9.17) is 11.6 Å². The highest BCUT2D eigenvalue weighted by atomic mass is 35.5. The standard InChI is InChI=1S/C16H9ClF2N4O3/c17-10-5-4-8(23(25)26)6-9(10)16(24)20-14-7-13(21-22-14)15-11(18)2-1-3-12(15)19/h1-7H,(H2,20,21,22,24). The molecule has 0 unspecified atom stereocenters. The first-order valence-corrected chi connectivity index (χ1v) is 7.49. The summed E-state index contributed by atoms with van der Waals surface area (Å²) in [6.45, 7) is 0. The van der Waals surface area contributed by atoms with Crippen molar-refractivity contribution in [1.82, 2.24) is 10.2 Å². The average molecular weight is 379 g/mol. The van der Waals surface area contributed by atoms with Gasteiger partial charge in [0.25, 0.3) is 11.6 Å². The van der Waals surface area contributed by atoms with Crippen LogP contribution >= 0.6 is 11.6 Å². The number of carbonyl (C=O) groups excluding carboxylic acids is 1. The first-order valence-electron chi connectivity index (χ1n) is 7.12. The SMILES string of the molecule is O=C(Nc1cc(-c2c(F)cccc2F)[nH]n1)c1cc([N+](=O)[O-])ccc1Cl. The van der Waals surface area contributed by atoms with Crippen molar-refractivity contribution in [2.24, 2.45) is 0 Å². The molecule has 10 heteroatoms. The first-order chi connectivity index (χ1) is 12.4. The molecule has 1 amide bonds. The number of carbonyl (C=O) groups is 1. The molecule has 3 rings (SSSR count). The molecule has 2 N–H and O–H groups in total. The van der Waals surface area contributed by atoms with Gasteiger partial charge in [-0.15, -0.1) is 0 Å². The summed E-state index contributed by atoms with van der Waals surface area (Å²) in [7, 11) is 0. The number of H-pyrrole nitrogens is 1. The monoisotopic (exact) mass is 378 g/mol. The van der Waals surface area contributed by atoms with Crippen molar-refractivity contribution in [1.29, 1.82) is 0 Å². The Bertz CT molecular complexity index is 1000.